The van der Waals surface area contributed by atoms with Gasteiger partial charge in [0.1, 0.15) is 40.5 Å². The Labute approximate surface area is 363 Å². The van der Waals surface area contributed by atoms with Crippen LogP contribution in [0, 0.1) is 6.92 Å². The van der Waals surface area contributed by atoms with Gasteiger partial charge in [0, 0.05) is 75.7 Å². The third-order valence-electron chi connectivity index (χ3n) is 10.0. The third kappa shape index (κ3) is 10.8. The summed E-state index contributed by atoms with van der Waals surface area (Å²) in [5.41, 5.74) is 20.9. The quantitative estimate of drug-likeness (QED) is 0.0517. The van der Waals surface area contributed by atoms with E-state index in [0.29, 0.717) is 63.7 Å². The topological polar surface area (TPSA) is 270 Å². The summed E-state index contributed by atoms with van der Waals surface area (Å²) in [6.45, 7) is 12.9. The highest BCUT2D eigenvalue weighted by atomic mass is 16.5. The van der Waals surface area contributed by atoms with Gasteiger partial charge in [0.15, 0.2) is 0 Å². The molecular weight excluding hydrogens is 809 g/mol. The van der Waals surface area contributed by atoms with Gasteiger partial charge in [-0.25, -0.2) is 9.97 Å². The minimum absolute atomic E-state index is 0.0997. The van der Waals surface area contributed by atoms with Gasteiger partial charge in [0.25, 0.3) is 11.8 Å². The number of nitrogens with zero attached hydrogens (tertiary/aromatic N) is 8. The predicted molar refractivity (Wildman–Crippen MR) is 241 cm³/mol. The molecule has 20 heteroatoms. The number of allylic oxidation sites excluding steroid dienone is 3. The summed E-state index contributed by atoms with van der Waals surface area (Å²) in [6, 6.07) is 7.82. The Bertz CT molecular complexity index is 2640. The molecule has 1 saturated heterocycles. The van der Waals surface area contributed by atoms with Gasteiger partial charge in [-0.05, 0) is 64.1 Å². The number of carbonyl (C=O) groups is 4. The number of hydrogen-bond donors (Lipinski definition) is 6. The number of hydrogen-bond acceptors (Lipinski definition) is 13. The number of aliphatic imine (C=N–C) groups is 1. The number of nitrogens with one attached hydrogen (secondary N) is 3. The molecule has 0 spiro atoms. The van der Waals surface area contributed by atoms with Crippen LogP contribution in [0.15, 0.2) is 71.4 Å². The molecule has 9 N–H and O–H groups in total. The van der Waals surface area contributed by atoms with Crippen LogP contribution in [0.2, 0.25) is 0 Å². The Morgan fingerprint density at radius 3 is 1.98 bits per heavy atom. The number of anilines is 2. The number of fused-ring (bicyclic) bond motifs is 2. The summed E-state index contributed by atoms with van der Waals surface area (Å²) >= 11 is 0. The lowest BCUT2D eigenvalue weighted by Crippen LogP contribution is -2.43. The van der Waals surface area contributed by atoms with Crippen LogP contribution in [0.4, 0.5) is 11.9 Å². The molecule has 0 bridgehead atoms. The van der Waals surface area contributed by atoms with Gasteiger partial charge in [0.2, 0.25) is 23.7 Å². The maximum absolute atomic E-state index is 13.7. The number of methoxy groups -OCH3 is 1. The third-order valence-corrected chi connectivity index (χ3v) is 10.0. The summed E-state index contributed by atoms with van der Waals surface area (Å²) in [7, 11) is 1.46. The van der Waals surface area contributed by atoms with Crippen molar-refractivity contribution < 1.29 is 28.7 Å². The van der Waals surface area contributed by atoms with E-state index in [0.717, 1.165) is 32.7 Å². The summed E-state index contributed by atoms with van der Waals surface area (Å²) in [5.74, 6) is -1.41. The van der Waals surface area contributed by atoms with Crippen molar-refractivity contribution in [3.63, 3.8) is 0 Å². The lowest BCUT2D eigenvalue weighted by molar-refractivity contribution is -0.110. The van der Waals surface area contributed by atoms with E-state index in [4.69, 9.17) is 31.7 Å². The fourth-order valence-electron chi connectivity index (χ4n) is 7.11. The highest BCUT2D eigenvalue weighted by molar-refractivity contribution is 6.47. The van der Waals surface area contributed by atoms with Crippen LogP contribution in [-0.2, 0) is 24.4 Å². The van der Waals surface area contributed by atoms with E-state index in [9.17, 15) is 19.2 Å². The molecule has 63 heavy (non-hydrogen) atoms. The first-order chi connectivity index (χ1) is 30.3. The maximum Gasteiger partial charge on any atom is 0.276 e. The summed E-state index contributed by atoms with van der Waals surface area (Å²) in [4.78, 5) is 68.2. The van der Waals surface area contributed by atoms with Crippen molar-refractivity contribution in [3.8, 4) is 11.5 Å². The van der Waals surface area contributed by atoms with Gasteiger partial charge in [-0.15, -0.1) is 0 Å². The minimum atomic E-state index is -0.680. The second-order valence-electron chi connectivity index (χ2n) is 14.7. The summed E-state index contributed by atoms with van der Waals surface area (Å²) in [5, 5.41) is 13.5. The smallest absolute Gasteiger partial charge is 0.276 e. The van der Waals surface area contributed by atoms with Gasteiger partial charge >= 0.3 is 0 Å². The molecule has 0 unspecified atom stereocenters. The molecular formula is C43H54N14O6. The second-order valence-corrected chi connectivity index (χ2v) is 14.7. The molecule has 3 aromatic heterocycles. The number of imidazole rings is 2. The van der Waals surface area contributed by atoms with E-state index >= 15 is 0 Å². The number of piperazine rings is 1. The first-order valence-corrected chi connectivity index (χ1v) is 20.5. The lowest BCUT2D eigenvalue weighted by Gasteiger charge is -2.25. The Balaban J connectivity index is 1.39. The normalized spacial score (nSPS) is 14.0. The maximum atomic E-state index is 13.7. The van der Waals surface area contributed by atoms with Crippen LogP contribution >= 0.6 is 0 Å². The van der Waals surface area contributed by atoms with Crippen LogP contribution in [0.1, 0.15) is 57.7 Å². The van der Waals surface area contributed by atoms with E-state index in [1.165, 1.54) is 31.4 Å². The van der Waals surface area contributed by atoms with Crippen LogP contribution < -0.4 is 42.6 Å². The van der Waals surface area contributed by atoms with E-state index < -0.39 is 23.6 Å². The molecule has 4 amide bonds. The molecule has 0 radical (unpaired) electrons. The number of carbonyl (C=O) groups excluding carboxylic acids is 4. The highest BCUT2D eigenvalue weighted by Crippen LogP contribution is 2.33. The van der Waals surface area contributed by atoms with Crippen molar-refractivity contribution in [2.75, 3.05) is 63.6 Å². The zero-order valence-corrected chi connectivity index (χ0v) is 36.1. The molecule has 0 atom stereocenters. The summed E-state index contributed by atoms with van der Waals surface area (Å²) < 4.78 is 17.0. The molecule has 20 nitrogen and oxygen atoms in total. The lowest BCUT2D eigenvalue weighted by atomic mass is 10.1. The minimum Gasteiger partial charge on any atom is -0.494 e. The standard InChI is InChI=1S/C43H54N14O6/c1-6-48-32(20-26(3)44)40(60)51-42-50-31-23-29(39(46)59)25-35(63-19-11-10-14-54-17-12-47-13-18-54)37(31)56(42)16-9-8-15-55-36-30(22-28(38(45)58)24-34(36)62-5)49-43(55)52-41(61)33-21-27(4)53-57(33)7-2/h8-11,20-25,47H,6-7,12-19,44H2,1-5H3,(H2,45,58)(H2,46,59)(H,49,52,61)(H,50,51,60)/b9-8+,11-10+,26-20-,48-32?. The number of nitrogens with two attached hydrogens (primary N) is 3. The number of ether oxygens (including phenoxy) is 2. The van der Waals surface area contributed by atoms with Gasteiger partial charge in [-0.3, -0.25) is 44.4 Å². The molecule has 1 aliphatic heterocycles. The van der Waals surface area contributed by atoms with Gasteiger partial charge < -0.3 is 41.1 Å². The zero-order chi connectivity index (χ0) is 45.2. The Morgan fingerprint density at radius 1 is 0.825 bits per heavy atom. The highest BCUT2D eigenvalue weighted by Gasteiger charge is 2.23. The first-order valence-electron chi connectivity index (χ1n) is 20.5. The number of rotatable bonds is 19. The van der Waals surface area contributed by atoms with Crippen molar-refractivity contribution in [1.82, 2.24) is 39.1 Å². The van der Waals surface area contributed by atoms with Crippen LogP contribution in [0.25, 0.3) is 22.1 Å². The molecule has 1 fully saturated rings. The van der Waals surface area contributed by atoms with Gasteiger partial charge in [-0.2, -0.15) is 5.10 Å². The van der Waals surface area contributed by atoms with Crippen molar-refractivity contribution in [2.24, 2.45) is 22.2 Å². The fourth-order valence-corrected chi connectivity index (χ4v) is 7.11. The molecule has 332 valence electrons. The molecule has 1 aliphatic rings. The first kappa shape index (κ1) is 45.2. The summed E-state index contributed by atoms with van der Waals surface area (Å²) in [6.07, 6.45) is 9.08. The van der Waals surface area contributed by atoms with Crippen molar-refractivity contribution in [2.45, 2.75) is 47.3 Å². The van der Waals surface area contributed by atoms with E-state index in [2.05, 4.69) is 35.9 Å². The monoisotopic (exact) mass is 862 g/mol. The van der Waals surface area contributed by atoms with E-state index in [1.807, 2.05) is 31.2 Å². The molecule has 6 rings (SSSR count). The predicted octanol–water partition coefficient (Wildman–Crippen LogP) is 2.73. The Morgan fingerprint density at radius 2 is 1.41 bits per heavy atom. The number of aromatic nitrogens is 6. The average Bonchev–Trinajstić information content (AvgIpc) is 3.93. The van der Waals surface area contributed by atoms with E-state index in [-0.39, 0.29) is 48.4 Å². The molecule has 2 aromatic carbocycles. The SMILES string of the molecule is CCN=C(/C=C(/C)N)C(=O)Nc1nc2cc(C(N)=O)cc(OC/C=C/CN3CCNCC3)c2n1C/C=C/Cn1c(NC(=O)c2cc(C)nn2CC)nc2cc(C(N)=O)cc(OC)c21. The van der Waals surface area contributed by atoms with Crippen LogP contribution in [-0.4, -0.2) is 116 Å². The number of aryl methyl sites for hydroxylation is 2. The van der Waals surface area contributed by atoms with Crippen molar-refractivity contribution in [3.05, 3.63) is 88.9 Å². The van der Waals surface area contributed by atoms with Crippen LogP contribution in [0.5, 0.6) is 11.5 Å². The van der Waals surface area contributed by atoms with E-state index in [1.54, 1.807) is 46.7 Å². The average molecular weight is 863 g/mol. The van der Waals surface area contributed by atoms with Crippen molar-refractivity contribution in [1.29, 1.82) is 0 Å². The largest absolute Gasteiger partial charge is 0.494 e. The van der Waals surface area contributed by atoms with Gasteiger partial charge in [0.05, 0.1) is 23.8 Å². The number of primary amides is 2. The second kappa shape index (κ2) is 20.5. The molecule has 4 heterocycles. The molecule has 5 aromatic rings. The molecule has 0 saturated carbocycles. The Hall–Kier alpha value is -7.32. The van der Waals surface area contributed by atoms with Gasteiger partial charge in [-0.1, -0.05) is 24.3 Å². The zero-order valence-electron chi connectivity index (χ0n) is 36.1. The fraction of sp³-hybridized carbons (Fsp3) is 0.349. The van der Waals surface area contributed by atoms with Crippen molar-refractivity contribution >= 4 is 63.3 Å². The number of benzene rings is 2. The van der Waals surface area contributed by atoms with Crippen LogP contribution in [0.3, 0.4) is 0 Å². The Kier molecular flexibility index (Phi) is 14.7. The number of amides is 4. The molecule has 0 aliphatic carbocycles.